The summed E-state index contributed by atoms with van der Waals surface area (Å²) in [5, 5.41) is 7.64. The van der Waals surface area contributed by atoms with Crippen LogP contribution in [0.1, 0.15) is 25.5 Å². The predicted octanol–water partition coefficient (Wildman–Crippen LogP) is 0.801. The Morgan fingerprint density at radius 1 is 1.53 bits per heavy atom. The Balaban J connectivity index is 2.00. The number of rotatable bonds is 5. The van der Waals surface area contributed by atoms with Crippen LogP contribution < -0.4 is 11.1 Å². The lowest BCUT2D eigenvalue weighted by molar-refractivity contribution is 0.595. The van der Waals surface area contributed by atoms with Gasteiger partial charge in [0.2, 0.25) is 0 Å². The molecule has 1 aromatic rings. The number of nitrogen functional groups attached to an aromatic ring is 1. The maximum atomic E-state index is 11.4. The predicted molar refractivity (Wildman–Crippen MR) is 76.9 cm³/mol. The summed E-state index contributed by atoms with van der Waals surface area (Å²) >= 11 is 0. The minimum absolute atomic E-state index is 0.175. The molecule has 1 aromatic heterocycles. The Kier molecular flexibility index (Phi) is 4.03. The molecule has 0 amide bonds. The van der Waals surface area contributed by atoms with Crippen LogP contribution in [-0.4, -0.2) is 36.2 Å². The standard InChI is InChI=1S/C12H22N4O2S/c1-3-4-10-11(13)12(16(2)15-10)14-7-9-5-6-19(17,18)8-9/h9,14H,3-8,13H2,1-2H3. The van der Waals surface area contributed by atoms with E-state index in [9.17, 15) is 8.42 Å². The van der Waals surface area contributed by atoms with Crippen LogP contribution in [0.4, 0.5) is 11.5 Å². The molecule has 0 spiro atoms. The van der Waals surface area contributed by atoms with E-state index < -0.39 is 9.84 Å². The summed E-state index contributed by atoms with van der Waals surface area (Å²) in [6.45, 7) is 2.72. The molecule has 0 bridgehead atoms. The first-order valence-electron chi connectivity index (χ1n) is 6.68. The van der Waals surface area contributed by atoms with Gasteiger partial charge >= 0.3 is 0 Å². The average molecular weight is 286 g/mol. The first kappa shape index (κ1) is 14.2. The summed E-state index contributed by atoms with van der Waals surface area (Å²) in [6, 6.07) is 0. The minimum atomic E-state index is -2.82. The molecule has 3 N–H and O–H groups in total. The Morgan fingerprint density at radius 2 is 2.26 bits per heavy atom. The molecule has 1 aliphatic rings. The lowest BCUT2D eigenvalue weighted by Gasteiger charge is -2.11. The highest BCUT2D eigenvalue weighted by Gasteiger charge is 2.28. The molecule has 0 aliphatic carbocycles. The van der Waals surface area contributed by atoms with Crippen LogP contribution in [0.15, 0.2) is 0 Å². The van der Waals surface area contributed by atoms with Gasteiger partial charge in [-0.25, -0.2) is 8.42 Å². The van der Waals surface area contributed by atoms with Gasteiger partial charge in [-0.05, 0) is 18.8 Å². The molecule has 0 saturated carbocycles. The third kappa shape index (κ3) is 3.20. The van der Waals surface area contributed by atoms with Gasteiger partial charge in [0.05, 0.1) is 22.9 Å². The van der Waals surface area contributed by atoms with Crippen molar-refractivity contribution in [3.05, 3.63) is 5.69 Å². The fourth-order valence-electron chi connectivity index (χ4n) is 2.50. The zero-order valence-corrected chi connectivity index (χ0v) is 12.3. The Morgan fingerprint density at radius 3 is 2.84 bits per heavy atom. The van der Waals surface area contributed by atoms with E-state index in [2.05, 4.69) is 17.3 Å². The Labute approximate surface area is 114 Å². The zero-order valence-electron chi connectivity index (χ0n) is 11.5. The first-order valence-corrected chi connectivity index (χ1v) is 8.50. The van der Waals surface area contributed by atoms with Crippen LogP contribution in [0, 0.1) is 5.92 Å². The molecule has 6 nitrogen and oxygen atoms in total. The van der Waals surface area contributed by atoms with E-state index in [1.807, 2.05) is 7.05 Å². The summed E-state index contributed by atoms with van der Waals surface area (Å²) in [5.74, 6) is 1.56. The van der Waals surface area contributed by atoms with Crippen molar-refractivity contribution in [2.75, 3.05) is 29.1 Å². The van der Waals surface area contributed by atoms with E-state index in [-0.39, 0.29) is 11.7 Å². The summed E-state index contributed by atoms with van der Waals surface area (Å²) in [4.78, 5) is 0. The summed E-state index contributed by atoms with van der Waals surface area (Å²) in [5.41, 5.74) is 7.66. The topological polar surface area (TPSA) is 90.0 Å². The Hall–Kier alpha value is -1.24. The number of nitrogens with zero attached hydrogens (tertiary/aromatic N) is 2. The molecule has 1 saturated heterocycles. The second-order valence-electron chi connectivity index (χ2n) is 5.23. The highest BCUT2D eigenvalue weighted by atomic mass is 32.2. The van der Waals surface area contributed by atoms with E-state index in [1.54, 1.807) is 4.68 Å². The van der Waals surface area contributed by atoms with Crippen molar-refractivity contribution in [3.63, 3.8) is 0 Å². The molecule has 2 rings (SSSR count). The highest BCUT2D eigenvalue weighted by molar-refractivity contribution is 7.91. The fraction of sp³-hybridized carbons (Fsp3) is 0.750. The molecular formula is C12H22N4O2S. The molecule has 19 heavy (non-hydrogen) atoms. The van der Waals surface area contributed by atoms with Gasteiger partial charge in [-0.2, -0.15) is 5.10 Å². The number of nitrogens with two attached hydrogens (primary N) is 1. The molecule has 1 aliphatic heterocycles. The van der Waals surface area contributed by atoms with Gasteiger partial charge < -0.3 is 11.1 Å². The number of nitrogens with one attached hydrogen (secondary N) is 1. The molecule has 1 atom stereocenters. The normalized spacial score (nSPS) is 21.7. The number of anilines is 2. The second kappa shape index (κ2) is 5.40. The lowest BCUT2D eigenvalue weighted by Crippen LogP contribution is -2.17. The van der Waals surface area contributed by atoms with E-state index in [0.29, 0.717) is 18.0 Å². The smallest absolute Gasteiger partial charge is 0.150 e. The molecule has 0 radical (unpaired) electrons. The molecule has 1 unspecified atom stereocenters. The van der Waals surface area contributed by atoms with Crippen molar-refractivity contribution in [1.82, 2.24) is 9.78 Å². The molecule has 0 aromatic carbocycles. The molecular weight excluding hydrogens is 264 g/mol. The summed E-state index contributed by atoms with van der Waals surface area (Å²) in [7, 11) is -0.967. The van der Waals surface area contributed by atoms with Crippen LogP contribution in [0.25, 0.3) is 0 Å². The van der Waals surface area contributed by atoms with Crippen LogP contribution >= 0.6 is 0 Å². The van der Waals surface area contributed by atoms with Crippen LogP contribution in [0.5, 0.6) is 0 Å². The maximum absolute atomic E-state index is 11.4. The van der Waals surface area contributed by atoms with Gasteiger partial charge in [0, 0.05) is 13.6 Å². The monoisotopic (exact) mass is 286 g/mol. The van der Waals surface area contributed by atoms with Crippen molar-refractivity contribution in [2.45, 2.75) is 26.2 Å². The number of sulfone groups is 1. The fourth-order valence-corrected chi connectivity index (χ4v) is 4.36. The molecule has 2 heterocycles. The number of hydrogen-bond donors (Lipinski definition) is 2. The highest BCUT2D eigenvalue weighted by Crippen LogP contribution is 2.25. The zero-order chi connectivity index (χ0) is 14.0. The average Bonchev–Trinajstić information content (AvgIpc) is 2.79. The van der Waals surface area contributed by atoms with E-state index >= 15 is 0 Å². The van der Waals surface area contributed by atoms with Crippen molar-refractivity contribution in [1.29, 1.82) is 0 Å². The van der Waals surface area contributed by atoms with Crippen molar-refractivity contribution >= 4 is 21.3 Å². The first-order chi connectivity index (χ1) is 8.93. The van der Waals surface area contributed by atoms with E-state index in [1.165, 1.54) is 0 Å². The van der Waals surface area contributed by atoms with Crippen molar-refractivity contribution in [2.24, 2.45) is 13.0 Å². The van der Waals surface area contributed by atoms with Gasteiger partial charge in [-0.15, -0.1) is 0 Å². The SMILES string of the molecule is CCCc1nn(C)c(NCC2CCS(=O)(=O)C2)c1N. The van der Waals surface area contributed by atoms with Gasteiger partial charge in [0.15, 0.2) is 9.84 Å². The molecule has 1 fully saturated rings. The number of aromatic nitrogens is 2. The van der Waals surface area contributed by atoms with Crippen LogP contribution in [0.3, 0.4) is 0 Å². The minimum Gasteiger partial charge on any atom is -0.394 e. The Bertz CT molecular complexity index is 550. The second-order valence-corrected chi connectivity index (χ2v) is 7.46. The molecule has 108 valence electrons. The van der Waals surface area contributed by atoms with E-state index in [0.717, 1.165) is 30.8 Å². The van der Waals surface area contributed by atoms with Crippen molar-refractivity contribution < 1.29 is 8.42 Å². The van der Waals surface area contributed by atoms with Crippen LogP contribution in [0.2, 0.25) is 0 Å². The third-order valence-corrected chi connectivity index (χ3v) is 5.37. The number of aryl methyl sites for hydroxylation is 2. The maximum Gasteiger partial charge on any atom is 0.150 e. The van der Waals surface area contributed by atoms with Crippen molar-refractivity contribution in [3.8, 4) is 0 Å². The molecule has 7 heteroatoms. The van der Waals surface area contributed by atoms with Crippen LogP contribution in [-0.2, 0) is 23.3 Å². The number of hydrogen-bond acceptors (Lipinski definition) is 5. The summed E-state index contributed by atoms with van der Waals surface area (Å²) < 4.78 is 24.6. The van der Waals surface area contributed by atoms with Gasteiger partial charge in [-0.1, -0.05) is 13.3 Å². The lowest BCUT2D eigenvalue weighted by atomic mass is 10.1. The van der Waals surface area contributed by atoms with Gasteiger partial charge in [0.1, 0.15) is 5.82 Å². The quantitative estimate of drug-likeness (QED) is 0.835. The van der Waals surface area contributed by atoms with Gasteiger partial charge in [-0.3, -0.25) is 4.68 Å². The summed E-state index contributed by atoms with van der Waals surface area (Å²) in [6.07, 6.45) is 2.59. The largest absolute Gasteiger partial charge is 0.394 e. The van der Waals surface area contributed by atoms with E-state index in [4.69, 9.17) is 5.73 Å². The van der Waals surface area contributed by atoms with Gasteiger partial charge in [0.25, 0.3) is 0 Å². The third-order valence-electron chi connectivity index (χ3n) is 3.53.